The zero-order chi connectivity index (χ0) is 14.2. The summed E-state index contributed by atoms with van der Waals surface area (Å²) >= 11 is 4.24. The topological polar surface area (TPSA) is 0 Å². The van der Waals surface area contributed by atoms with Crippen molar-refractivity contribution >= 4 is 12.6 Å². The Morgan fingerprint density at radius 2 is 1.25 bits per heavy atom. The minimum absolute atomic E-state index is 1.02. The average molecular weight is 284 g/mol. The van der Waals surface area contributed by atoms with Crippen molar-refractivity contribution < 1.29 is 0 Å². The maximum Gasteiger partial charge on any atom is -0.00979 e. The summed E-state index contributed by atoms with van der Waals surface area (Å²) in [7, 11) is 0. The Hall–Kier alpha value is -1.21. The lowest BCUT2D eigenvalue weighted by Gasteiger charge is -2.05. The van der Waals surface area contributed by atoms with Crippen molar-refractivity contribution in [2.75, 3.05) is 5.75 Å². The molecule has 2 rings (SSSR count). The van der Waals surface area contributed by atoms with Gasteiger partial charge >= 0.3 is 0 Å². The lowest BCUT2D eigenvalue weighted by Crippen LogP contribution is -1.87. The molecular weight excluding hydrogens is 260 g/mol. The fourth-order valence-corrected chi connectivity index (χ4v) is 2.63. The van der Waals surface area contributed by atoms with Crippen LogP contribution in [0.2, 0.25) is 0 Å². The van der Waals surface area contributed by atoms with Crippen molar-refractivity contribution in [2.45, 2.75) is 39.0 Å². The highest BCUT2D eigenvalue weighted by Gasteiger charge is 1.98. The highest BCUT2D eigenvalue weighted by atomic mass is 32.1. The molecule has 0 unspecified atom stereocenters. The fraction of sp³-hybridized carbons (Fsp3) is 0.368. The first-order chi connectivity index (χ1) is 9.79. The van der Waals surface area contributed by atoms with Crippen LogP contribution in [0.1, 0.15) is 36.8 Å². The molecule has 1 heteroatoms. The second kappa shape index (κ2) is 8.16. The van der Waals surface area contributed by atoms with Crippen LogP contribution in [-0.4, -0.2) is 5.75 Å². The van der Waals surface area contributed by atoms with E-state index in [4.69, 9.17) is 0 Å². The van der Waals surface area contributed by atoms with Crippen molar-refractivity contribution in [3.05, 3.63) is 59.7 Å². The Labute approximate surface area is 128 Å². The number of benzene rings is 2. The van der Waals surface area contributed by atoms with E-state index in [0.717, 1.165) is 5.75 Å². The SMILES string of the molecule is Cc1ccc(-c2ccc(CCCCCCS)cc2)cc1. The minimum Gasteiger partial charge on any atom is -0.179 e. The molecule has 0 N–H and O–H groups in total. The maximum atomic E-state index is 4.24. The fourth-order valence-electron chi connectivity index (χ4n) is 2.40. The molecule has 20 heavy (non-hydrogen) atoms. The van der Waals surface area contributed by atoms with Crippen LogP contribution in [0.4, 0.5) is 0 Å². The summed E-state index contributed by atoms with van der Waals surface area (Å²) in [6.07, 6.45) is 6.36. The van der Waals surface area contributed by atoms with E-state index >= 15 is 0 Å². The summed E-state index contributed by atoms with van der Waals surface area (Å²) in [5.74, 6) is 1.02. The zero-order valence-corrected chi connectivity index (χ0v) is 13.2. The van der Waals surface area contributed by atoms with Gasteiger partial charge in [0.25, 0.3) is 0 Å². The lowest BCUT2D eigenvalue weighted by molar-refractivity contribution is 0.671. The number of thiol groups is 1. The second-order valence-electron chi connectivity index (χ2n) is 5.45. The number of hydrogen-bond acceptors (Lipinski definition) is 1. The molecule has 0 spiro atoms. The van der Waals surface area contributed by atoms with Crippen molar-refractivity contribution in [1.82, 2.24) is 0 Å². The third-order valence-corrected chi connectivity index (χ3v) is 4.03. The van der Waals surface area contributed by atoms with Crippen LogP contribution >= 0.6 is 12.6 Å². The molecule has 0 atom stereocenters. The Bertz CT molecular complexity index is 496. The average Bonchev–Trinajstić information content (AvgIpc) is 2.49. The summed E-state index contributed by atoms with van der Waals surface area (Å²) in [4.78, 5) is 0. The molecule has 0 nitrogen and oxygen atoms in total. The van der Waals surface area contributed by atoms with Gasteiger partial charge in [-0.3, -0.25) is 0 Å². The standard InChI is InChI=1S/C19H24S/c1-16-7-11-18(12-8-16)19-13-9-17(10-14-19)6-4-2-3-5-15-20/h7-14,20H,2-6,15H2,1H3. The van der Waals surface area contributed by atoms with Crippen molar-refractivity contribution in [1.29, 1.82) is 0 Å². The van der Waals surface area contributed by atoms with Crippen LogP contribution in [0.25, 0.3) is 11.1 Å². The highest BCUT2D eigenvalue weighted by molar-refractivity contribution is 7.80. The number of aryl methyl sites for hydroxylation is 2. The first kappa shape index (κ1) is 15.2. The quantitative estimate of drug-likeness (QED) is 0.489. The molecular formula is C19H24S. The van der Waals surface area contributed by atoms with Gasteiger partial charge < -0.3 is 0 Å². The third-order valence-electron chi connectivity index (χ3n) is 3.71. The molecule has 0 saturated heterocycles. The van der Waals surface area contributed by atoms with E-state index in [0.29, 0.717) is 0 Å². The van der Waals surface area contributed by atoms with E-state index < -0.39 is 0 Å². The summed E-state index contributed by atoms with van der Waals surface area (Å²) < 4.78 is 0. The summed E-state index contributed by atoms with van der Waals surface area (Å²) in [5.41, 5.74) is 5.37. The number of unbranched alkanes of at least 4 members (excludes halogenated alkanes) is 3. The van der Waals surface area contributed by atoms with Crippen molar-refractivity contribution in [3.63, 3.8) is 0 Å². The third kappa shape index (κ3) is 4.72. The van der Waals surface area contributed by atoms with Gasteiger partial charge in [-0.25, -0.2) is 0 Å². The van der Waals surface area contributed by atoms with Crippen molar-refractivity contribution in [3.8, 4) is 11.1 Å². The van der Waals surface area contributed by atoms with Gasteiger partial charge in [0.05, 0.1) is 0 Å². The zero-order valence-electron chi connectivity index (χ0n) is 12.3. The molecule has 0 amide bonds. The minimum atomic E-state index is 1.02. The van der Waals surface area contributed by atoms with Crippen LogP contribution in [0, 0.1) is 6.92 Å². The molecule has 0 heterocycles. The molecule has 0 aliphatic rings. The molecule has 0 aliphatic heterocycles. The largest absolute Gasteiger partial charge is 0.179 e. The smallest absolute Gasteiger partial charge is 0.00979 e. The van der Waals surface area contributed by atoms with Gasteiger partial charge in [0.15, 0.2) is 0 Å². The number of rotatable bonds is 7. The van der Waals surface area contributed by atoms with Crippen LogP contribution in [0.15, 0.2) is 48.5 Å². The van der Waals surface area contributed by atoms with E-state index in [-0.39, 0.29) is 0 Å². The molecule has 0 aliphatic carbocycles. The first-order valence-corrected chi connectivity index (χ1v) is 8.19. The normalized spacial score (nSPS) is 10.7. The van der Waals surface area contributed by atoms with Crippen LogP contribution in [0.5, 0.6) is 0 Å². The molecule has 2 aromatic carbocycles. The van der Waals surface area contributed by atoms with Gasteiger partial charge in [-0.15, -0.1) is 0 Å². The Morgan fingerprint density at radius 1 is 0.700 bits per heavy atom. The van der Waals surface area contributed by atoms with Gasteiger partial charge in [0.1, 0.15) is 0 Å². The monoisotopic (exact) mass is 284 g/mol. The summed E-state index contributed by atoms with van der Waals surface area (Å²) in [5, 5.41) is 0. The first-order valence-electron chi connectivity index (χ1n) is 7.56. The van der Waals surface area contributed by atoms with E-state index in [1.165, 1.54) is 54.4 Å². The predicted octanol–water partition coefficient (Wildman–Crippen LogP) is 5.69. The van der Waals surface area contributed by atoms with Crippen LogP contribution in [0.3, 0.4) is 0 Å². The molecule has 106 valence electrons. The number of hydrogen-bond donors (Lipinski definition) is 1. The van der Waals surface area contributed by atoms with Gasteiger partial charge in [0.2, 0.25) is 0 Å². The maximum absolute atomic E-state index is 4.24. The van der Waals surface area contributed by atoms with Crippen molar-refractivity contribution in [2.24, 2.45) is 0 Å². The molecule has 0 radical (unpaired) electrons. The summed E-state index contributed by atoms with van der Waals surface area (Å²) in [6, 6.07) is 17.8. The Kier molecular flexibility index (Phi) is 6.20. The van der Waals surface area contributed by atoms with Crippen LogP contribution < -0.4 is 0 Å². The van der Waals surface area contributed by atoms with E-state index in [1.807, 2.05) is 0 Å². The second-order valence-corrected chi connectivity index (χ2v) is 5.90. The predicted molar refractivity (Wildman–Crippen MR) is 92.6 cm³/mol. The molecule has 2 aromatic rings. The van der Waals surface area contributed by atoms with Gasteiger partial charge in [-0.1, -0.05) is 66.9 Å². The lowest BCUT2D eigenvalue weighted by atomic mass is 10.0. The van der Waals surface area contributed by atoms with E-state index in [2.05, 4.69) is 68.1 Å². The van der Waals surface area contributed by atoms with Gasteiger partial charge in [-0.05, 0) is 48.6 Å². The van der Waals surface area contributed by atoms with Gasteiger partial charge in [-0.2, -0.15) is 12.6 Å². The van der Waals surface area contributed by atoms with E-state index in [9.17, 15) is 0 Å². The van der Waals surface area contributed by atoms with Crippen LogP contribution in [-0.2, 0) is 6.42 Å². The van der Waals surface area contributed by atoms with Gasteiger partial charge in [0, 0.05) is 0 Å². The molecule has 0 bridgehead atoms. The molecule has 0 aromatic heterocycles. The Balaban J connectivity index is 1.88. The Morgan fingerprint density at radius 3 is 1.85 bits per heavy atom. The highest BCUT2D eigenvalue weighted by Crippen LogP contribution is 2.21. The summed E-state index contributed by atoms with van der Waals surface area (Å²) in [6.45, 7) is 2.13. The van der Waals surface area contributed by atoms with E-state index in [1.54, 1.807) is 0 Å². The molecule has 0 fully saturated rings. The molecule has 0 saturated carbocycles.